The number of nitrogens with one attached hydrogen (secondary N) is 1. The van der Waals surface area contributed by atoms with E-state index < -0.39 is 47.7 Å². The molecule has 0 fully saturated rings. The number of aromatic hydroxyl groups is 4. The maximum atomic E-state index is 11.7. The monoisotopic (exact) mass is 523 g/mol. The molecule has 12 N–H and O–H groups in total. The average molecular weight is 523 g/mol. The minimum absolute atomic E-state index is 0.111. The third-order valence-corrected chi connectivity index (χ3v) is 4.93. The van der Waals surface area contributed by atoms with Crippen LogP contribution in [-0.4, -0.2) is 77.7 Å². The summed E-state index contributed by atoms with van der Waals surface area (Å²) in [4.78, 5) is 43.8. The standard InChI is InChI=1S/C14H18N2O7.C9H11NO4/c15-8(13(20)21)2-4-12(19)16-9(14(22)23)5-7-1-3-10(17)11(18)6-7;10-6(9(13)14)3-5-1-2-7(11)8(12)4-5/h1,3,6,8-9,17-18H,2,4-5,15H2,(H,16,19)(H,20,21)(H,22,23);1-2,4,6,11-12H,3,10H2,(H,13,14)/t8-,9-;6-/m00/s1. The molecule has 3 atom stereocenters. The first kappa shape index (κ1) is 30.5. The van der Waals surface area contributed by atoms with Crippen LogP contribution in [0.1, 0.15) is 24.0 Å². The summed E-state index contributed by atoms with van der Waals surface area (Å²) < 4.78 is 0. The van der Waals surface area contributed by atoms with Crippen molar-refractivity contribution in [3.05, 3.63) is 47.5 Å². The highest BCUT2D eigenvalue weighted by molar-refractivity contribution is 5.84. The number of hydrogen-bond acceptors (Lipinski definition) is 10. The summed E-state index contributed by atoms with van der Waals surface area (Å²) in [5, 5.41) is 65.2. The van der Waals surface area contributed by atoms with Crippen LogP contribution in [0, 0.1) is 0 Å². The van der Waals surface area contributed by atoms with Crippen molar-refractivity contribution in [1.29, 1.82) is 0 Å². The molecule has 14 nitrogen and oxygen atoms in total. The second-order valence-electron chi connectivity index (χ2n) is 7.94. The lowest BCUT2D eigenvalue weighted by atomic mass is 10.0. The number of carbonyl (C=O) groups excluding carboxylic acids is 1. The van der Waals surface area contributed by atoms with Gasteiger partial charge in [0.1, 0.15) is 18.1 Å². The van der Waals surface area contributed by atoms with Gasteiger partial charge in [0.25, 0.3) is 0 Å². The van der Waals surface area contributed by atoms with Crippen molar-refractivity contribution in [3.8, 4) is 23.0 Å². The van der Waals surface area contributed by atoms with Crippen molar-refractivity contribution >= 4 is 23.8 Å². The van der Waals surface area contributed by atoms with Crippen LogP contribution >= 0.6 is 0 Å². The highest BCUT2D eigenvalue weighted by Gasteiger charge is 2.22. The van der Waals surface area contributed by atoms with Crippen molar-refractivity contribution in [1.82, 2.24) is 5.32 Å². The Hall–Kier alpha value is -4.56. The number of nitrogens with two attached hydrogens (primary N) is 2. The molecule has 1 amide bonds. The number of phenolic OH excluding ortho intramolecular Hbond substituents is 4. The Kier molecular flexibility index (Phi) is 11.6. The molecule has 0 aliphatic carbocycles. The molecule has 0 aromatic heterocycles. The third-order valence-electron chi connectivity index (χ3n) is 4.93. The van der Waals surface area contributed by atoms with E-state index in [1.807, 2.05) is 0 Å². The van der Waals surface area contributed by atoms with Gasteiger partial charge in [-0.2, -0.15) is 0 Å². The first-order valence-electron chi connectivity index (χ1n) is 10.7. The number of hydrogen-bond donors (Lipinski definition) is 10. The van der Waals surface area contributed by atoms with E-state index in [9.17, 15) is 29.4 Å². The zero-order chi connectivity index (χ0) is 28.3. The zero-order valence-corrected chi connectivity index (χ0v) is 19.4. The molecule has 2 aromatic carbocycles. The SMILES string of the molecule is N[C@@H](CCC(=O)N[C@@H](Cc1ccc(O)c(O)c1)C(=O)O)C(=O)O.N[C@@H](Cc1ccc(O)c(O)c1)C(=O)O. The highest BCUT2D eigenvalue weighted by atomic mass is 16.4. The fraction of sp³-hybridized carbons (Fsp3) is 0.304. The lowest BCUT2D eigenvalue weighted by Gasteiger charge is -2.15. The molecule has 0 aliphatic rings. The molecule has 0 saturated carbocycles. The van der Waals surface area contributed by atoms with Gasteiger partial charge in [-0.1, -0.05) is 12.1 Å². The second-order valence-corrected chi connectivity index (χ2v) is 7.94. The summed E-state index contributed by atoms with van der Waals surface area (Å²) in [5.74, 6) is -5.52. The van der Waals surface area contributed by atoms with Gasteiger partial charge in [0, 0.05) is 12.8 Å². The number of carbonyl (C=O) groups is 4. The summed E-state index contributed by atoms with van der Waals surface area (Å²) in [6.45, 7) is 0. The largest absolute Gasteiger partial charge is 0.504 e. The molecule has 0 unspecified atom stereocenters. The maximum absolute atomic E-state index is 11.7. The summed E-state index contributed by atoms with van der Waals surface area (Å²) in [6.07, 6.45) is -0.339. The lowest BCUT2D eigenvalue weighted by molar-refractivity contribution is -0.142. The molecular formula is C23H29N3O11. The first-order chi connectivity index (χ1) is 17.2. The fourth-order valence-electron chi connectivity index (χ4n) is 2.85. The minimum Gasteiger partial charge on any atom is -0.504 e. The van der Waals surface area contributed by atoms with Crippen molar-refractivity contribution in [2.24, 2.45) is 11.5 Å². The predicted molar refractivity (Wildman–Crippen MR) is 127 cm³/mol. The number of rotatable bonds is 11. The molecule has 2 rings (SSSR count). The van der Waals surface area contributed by atoms with E-state index in [0.29, 0.717) is 11.1 Å². The Labute approximate surface area is 210 Å². The van der Waals surface area contributed by atoms with Gasteiger partial charge in [-0.15, -0.1) is 0 Å². The highest BCUT2D eigenvalue weighted by Crippen LogP contribution is 2.26. The first-order valence-corrected chi connectivity index (χ1v) is 10.7. The Morgan fingerprint density at radius 1 is 0.676 bits per heavy atom. The molecule has 0 aliphatic heterocycles. The number of benzene rings is 2. The van der Waals surface area contributed by atoms with E-state index >= 15 is 0 Å². The zero-order valence-electron chi connectivity index (χ0n) is 19.4. The normalized spacial score (nSPS) is 12.8. The molecular weight excluding hydrogens is 494 g/mol. The maximum Gasteiger partial charge on any atom is 0.326 e. The van der Waals surface area contributed by atoms with Crippen LogP contribution in [-0.2, 0) is 32.0 Å². The summed E-state index contributed by atoms with van der Waals surface area (Å²) in [6, 6.07) is 4.45. The van der Waals surface area contributed by atoms with E-state index in [1.165, 1.54) is 36.4 Å². The van der Waals surface area contributed by atoms with Gasteiger partial charge in [-0.25, -0.2) is 4.79 Å². The summed E-state index contributed by atoms with van der Waals surface area (Å²) in [7, 11) is 0. The lowest BCUT2D eigenvalue weighted by Crippen LogP contribution is -2.43. The van der Waals surface area contributed by atoms with E-state index in [4.69, 9.17) is 37.0 Å². The van der Waals surface area contributed by atoms with E-state index in [-0.39, 0.29) is 42.9 Å². The van der Waals surface area contributed by atoms with Gasteiger partial charge in [0.05, 0.1) is 0 Å². The number of carboxylic acids is 3. The Balaban J connectivity index is 0.000000417. The van der Waals surface area contributed by atoms with E-state index in [0.717, 1.165) is 0 Å². The van der Waals surface area contributed by atoms with Gasteiger partial charge in [0.2, 0.25) is 5.91 Å². The molecule has 37 heavy (non-hydrogen) atoms. The molecule has 0 saturated heterocycles. The molecule has 0 bridgehead atoms. The van der Waals surface area contributed by atoms with Gasteiger partial charge in [-0.3, -0.25) is 14.4 Å². The Morgan fingerprint density at radius 2 is 1.14 bits per heavy atom. The number of amides is 1. The van der Waals surface area contributed by atoms with Crippen molar-refractivity contribution in [2.75, 3.05) is 0 Å². The van der Waals surface area contributed by atoms with Crippen LogP contribution < -0.4 is 16.8 Å². The molecule has 0 spiro atoms. The molecule has 202 valence electrons. The van der Waals surface area contributed by atoms with Crippen LogP contribution in [0.3, 0.4) is 0 Å². The fourth-order valence-corrected chi connectivity index (χ4v) is 2.85. The van der Waals surface area contributed by atoms with Crippen LogP contribution in [0.25, 0.3) is 0 Å². The van der Waals surface area contributed by atoms with Gasteiger partial charge in [0.15, 0.2) is 23.0 Å². The van der Waals surface area contributed by atoms with E-state index in [1.54, 1.807) is 0 Å². The average Bonchev–Trinajstić information content (AvgIpc) is 2.81. The molecule has 0 radical (unpaired) electrons. The van der Waals surface area contributed by atoms with Gasteiger partial charge >= 0.3 is 17.9 Å². The number of carboxylic acid groups (broad SMARTS) is 3. The quantitative estimate of drug-likeness (QED) is 0.166. The van der Waals surface area contributed by atoms with Crippen molar-refractivity contribution in [3.63, 3.8) is 0 Å². The minimum atomic E-state index is -1.28. The Bertz CT molecular complexity index is 1120. The topological polar surface area (TPSA) is 274 Å². The van der Waals surface area contributed by atoms with Gasteiger partial charge < -0.3 is 52.5 Å². The molecule has 2 aromatic rings. The van der Waals surface area contributed by atoms with Crippen LogP contribution in [0.5, 0.6) is 23.0 Å². The van der Waals surface area contributed by atoms with Crippen LogP contribution in [0.2, 0.25) is 0 Å². The predicted octanol–water partition coefficient (Wildman–Crippen LogP) is -0.546. The molecule has 14 heteroatoms. The van der Waals surface area contributed by atoms with Crippen molar-refractivity contribution in [2.45, 2.75) is 43.8 Å². The van der Waals surface area contributed by atoms with E-state index in [2.05, 4.69) is 5.32 Å². The summed E-state index contributed by atoms with van der Waals surface area (Å²) >= 11 is 0. The molecule has 0 heterocycles. The number of aliphatic carboxylic acids is 3. The Morgan fingerprint density at radius 3 is 1.54 bits per heavy atom. The smallest absolute Gasteiger partial charge is 0.326 e. The van der Waals surface area contributed by atoms with Crippen molar-refractivity contribution < 1.29 is 54.9 Å². The number of phenols is 4. The summed E-state index contributed by atoms with van der Waals surface area (Å²) in [5.41, 5.74) is 11.5. The van der Waals surface area contributed by atoms with Crippen LogP contribution in [0.15, 0.2) is 36.4 Å². The third kappa shape index (κ3) is 10.7. The second kappa shape index (κ2) is 14.1. The van der Waals surface area contributed by atoms with Gasteiger partial charge in [-0.05, 0) is 48.2 Å². The van der Waals surface area contributed by atoms with Crippen LogP contribution in [0.4, 0.5) is 0 Å².